The zero-order valence-corrected chi connectivity index (χ0v) is 20.9. The number of carboxylic acids is 1. The van der Waals surface area contributed by atoms with Gasteiger partial charge in [0.1, 0.15) is 18.1 Å². The lowest BCUT2D eigenvalue weighted by atomic mass is 9.96. The molecule has 0 aromatic carbocycles. The van der Waals surface area contributed by atoms with Gasteiger partial charge in [-0.15, -0.1) is 0 Å². The van der Waals surface area contributed by atoms with Crippen LogP contribution in [0.25, 0.3) is 0 Å². The maximum atomic E-state index is 13.0. The van der Waals surface area contributed by atoms with E-state index in [1.54, 1.807) is 13.2 Å². The molecule has 4 amide bonds. The van der Waals surface area contributed by atoms with Crippen molar-refractivity contribution in [3.8, 4) is 0 Å². The summed E-state index contributed by atoms with van der Waals surface area (Å²) in [6, 6.07) is -4.38. The van der Waals surface area contributed by atoms with Gasteiger partial charge in [-0.3, -0.25) is 19.2 Å². The summed E-state index contributed by atoms with van der Waals surface area (Å²) in [6.45, 7) is 7.43. The number of carboxylic acid groups (broad SMARTS) is 1. The highest BCUT2D eigenvalue weighted by Gasteiger charge is 2.33. The van der Waals surface area contributed by atoms with Gasteiger partial charge in [0, 0.05) is 0 Å². The SMILES string of the molecule is CCC(C)C(NC(=O)C(N)CC(C)C)C(=O)NC(CC(N)=O)C(=O)NC(CCSC)C(=O)O. The predicted molar refractivity (Wildman–Crippen MR) is 127 cm³/mol. The topological polar surface area (TPSA) is 194 Å². The molecule has 0 saturated heterocycles. The number of nitrogens with two attached hydrogens (primary N) is 2. The zero-order chi connectivity index (χ0) is 25.7. The predicted octanol–water partition coefficient (Wildman–Crippen LogP) is -0.427. The number of hydrogen-bond acceptors (Lipinski definition) is 7. The molecule has 0 aliphatic rings. The molecule has 11 nitrogen and oxygen atoms in total. The molecule has 33 heavy (non-hydrogen) atoms. The summed E-state index contributed by atoms with van der Waals surface area (Å²) in [6.07, 6.45) is 2.41. The number of amides is 4. The number of hydrogen-bond donors (Lipinski definition) is 6. The Balaban J connectivity index is 5.53. The lowest BCUT2D eigenvalue weighted by Gasteiger charge is -2.28. The Kier molecular flexibility index (Phi) is 14.4. The highest BCUT2D eigenvalue weighted by Crippen LogP contribution is 2.11. The van der Waals surface area contributed by atoms with E-state index < -0.39 is 60.2 Å². The molecule has 0 aromatic heterocycles. The van der Waals surface area contributed by atoms with Gasteiger partial charge in [0.2, 0.25) is 23.6 Å². The maximum absolute atomic E-state index is 13.0. The smallest absolute Gasteiger partial charge is 0.326 e. The average Bonchev–Trinajstić information content (AvgIpc) is 2.72. The minimum Gasteiger partial charge on any atom is -0.480 e. The number of thioether (sulfide) groups is 1. The summed E-state index contributed by atoms with van der Waals surface area (Å²) >= 11 is 1.42. The number of rotatable bonds is 16. The van der Waals surface area contributed by atoms with Gasteiger partial charge in [-0.2, -0.15) is 11.8 Å². The van der Waals surface area contributed by atoms with E-state index in [0.29, 0.717) is 18.6 Å². The molecule has 0 fully saturated rings. The third kappa shape index (κ3) is 11.9. The van der Waals surface area contributed by atoms with Crippen molar-refractivity contribution in [2.75, 3.05) is 12.0 Å². The molecule has 0 radical (unpaired) electrons. The molecule has 0 bridgehead atoms. The number of primary amides is 1. The third-order valence-corrected chi connectivity index (χ3v) is 5.76. The normalized spacial score (nSPS) is 15.6. The Labute approximate surface area is 199 Å². The molecule has 5 unspecified atom stereocenters. The van der Waals surface area contributed by atoms with Crippen LogP contribution in [0.5, 0.6) is 0 Å². The van der Waals surface area contributed by atoms with Crippen molar-refractivity contribution >= 4 is 41.4 Å². The van der Waals surface area contributed by atoms with Gasteiger partial charge in [0.25, 0.3) is 0 Å². The third-order valence-electron chi connectivity index (χ3n) is 5.12. The summed E-state index contributed by atoms with van der Waals surface area (Å²) < 4.78 is 0. The van der Waals surface area contributed by atoms with E-state index >= 15 is 0 Å². The van der Waals surface area contributed by atoms with E-state index in [2.05, 4.69) is 16.0 Å². The standard InChI is InChI=1S/C21H39N5O6S/c1-6-12(4)17(26-18(28)13(22)9-11(2)3)20(30)25-15(10-16(23)27)19(29)24-14(21(31)32)7-8-33-5/h11-15,17H,6-10,22H2,1-5H3,(H2,23,27)(H,24,29)(H,25,30)(H,26,28)(H,31,32). The van der Waals surface area contributed by atoms with Crippen LogP contribution in [0.2, 0.25) is 0 Å². The molecule has 8 N–H and O–H groups in total. The van der Waals surface area contributed by atoms with Gasteiger partial charge in [0.15, 0.2) is 0 Å². The number of carbonyl (C=O) groups excluding carboxylic acids is 4. The van der Waals surface area contributed by atoms with E-state index in [1.807, 2.05) is 20.8 Å². The molecule has 12 heteroatoms. The molecule has 190 valence electrons. The minimum atomic E-state index is -1.39. The summed E-state index contributed by atoms with van der Waals surface area (Å²) in [5.41, 5.74) is 11.2. The van der Waals surface area contributed by atoms with Crippen LogP contribution in [-0.2, 0) is 24.0 Å². The fraction of sp³-hybridized carbons (Fsp3) is 0.762. The van der Waals surface area contributed by atoms with Crippen molar-refractivity contribution in [2.45, 2.75) is 77.5 Å². The molecular formula is C21H39N5O6S. The van der Waals surface area contributed by atoms with E-state index in [1.165, 1.54) is 11.8 Å². The van der Waals surface area contributed by atoms with Crippen molar-refractivity contribution in [3.05, 3.63) is 0 Å². The van der Waals surface area contributed by atoms with Gasteiger partial charge >= 0.3 is 5.97 Å². The second-order valence-electron chi connectivity index (χ2n) is 8.52. The van der Waals surface area contributed by atoms with Crippen LogP contribution in [0.4, 0.5) is 0 Å². The fourth-order valence-corrected chi connectivity index (χ4v) is 3.49. The van der Waals surface area contributed by atoms with E-state index in [0.717, 1.165) is 0 Å². The molecule has 0 spiro atoms. The minimum absolute atomic E-state index is 0.165. The highest BCUT2D eigenvalue weighted by molar-refractivity contribution is 7.98. The molecule has 0 aliphatic carbocycles. The first-order valence-corrected chi connectivity index (χ1v) is 12.4. The number of carbonyl (C=O) groups is 5. The van der Waals surface area contributed by atoms with Crippen LogP contribution < -0.4 is 27.4 Å². The molecule has 0 saturated carbocycles. The van der Waals surface area contributed by atoms with Gasteiger partial charge in [-0.25, -0.2) is 4.79 Å². The van der Waals surface area contributed by atoms with Crippen molar-refractivity contribution < 1.29 is 29.1 Å². The van der Waals surface area contributed by atoms with Gasteiger partial charge in [0.05, 0.1) is 12.5 Å². The highest BCUT2D eigenvalue weighted by atomic mass is 32.2. The van der Waals surface area contributed by atoms with E-state index in [9.17, 15) is 29.1 Å². The number of aliphatic carboxylic acids is 1. The van der Waals surface area contributed by atoms with E-state index in [4.69, 9.17) is 11.5 Å². The van der Waals surface area contributed by atoms with Crippen LogP contribution in [-0.4, -0.2) is 70.9 Å². The Bertz CT molecular complexity index is 690. The van der Waals surface area contributed by atoms with Crippen molar-refractivity contribution in [2.24, 2.45) is 23.3 Å². The second-order valence-corrected chi connectivity index (χ2v) is 9.51. The zero-order valence-electron chi connectivity index (χ0n) is 20.1. The van der Waals surface area contributed by atoms with Crippen LogP contribution in [0.3, 0.4) is 0 Å². The van der Waals surface area contributed by atoms with Crippen LogP contribution in [0.15, 0.2) is 0 Å². The molecular weight excluding hydrogens is 450 g/mol. The quantitative estimate of drug-likeness (QED) is 0.168. The lowest BCUT2D eigenvalue weighted by Crippen LogP contribution is -2.59. The second kappa shape index (κ2) is 15.5. The molecule has 0 rings (SSSR count). The Morgan fingerprint density at radius 1 is 0.939 bits per heavy atom. The Hall–Kier alpha value is -2.34. The monoisotopic (exact) mass is 489 g/mol. The summed E-state index contributed by atoms with van der Waals surface area (Å²) in [4.78, 5) is 61.1. The first kappa shape index (κ1) is 30.7. The largest absolute Gasteiger partial charge is 0.480 e. The lowest BCUT2D eigenvalue weighted by molar-refractivity contribution is -0.142. The van der Waals surface area contributed by atoms with Crippen LogP contribution >= 0.6 is 11.8 Å². The first-order valence-electron chi connectivity index (χ1n) is 11.0. The van der Waals surface area contributed by atoms with Gasteiger partial charge in [-0.05, 0) is 36.7 Å². The summed E-state index contributed by atoms with van der Waals surface area (Å²) in [5, 5.41) is 16.8. The van der Waals surface area contributed by atoms with Gasteiger partial charge < -0.3 is 32.5 Å². The van der Waals surface area contributed by atoms with Crippen LogP contribution in [0.1, 0.15) is 53.4 Å². The average molecular weight is 490 g/mol. The first-order chi connectivity index (χ1) is 15.3. The van der Waals surface area contributed by atoms with Crippen molar-refractivity contribution in [1.82, 2.24) is 16.0 Å². The number of nitrogens with one attached hydrogen (secondary N) is 3. The summed E-state index contributed by atoms with van der Waals surface area (Å²) in [7, 11) is 0. The summed E-state index contributed by atoms with van der Waals surface area (Å²) in [5.74, 6) is -3.75. The van der Waals surface area contributed by atoms with Crippen molar-refractivity contribution in [3.63, 3.8) is 0 Å². The fourth-order valence-electron chi connectivity index (χ4n) is 3.01. The van der Waals surface area contributed by atoms with Gasteiger partial charge in [-0.1, -0.05) is 34.1 Å². The Morgan fingerprint density at radius 3 is 1.97 bits per heavy atom. The molecule has 0 aliphatic heterocycles. The van der Waals surface area contributed by atoms with E-state index in [-0.39, 0.29) is 18.3 Å². The maximum Gasteiger partial charge on any atom is 0.326 e. The van der Waals surface area contributed by atoms with Crippen LogP contribution in [0, 0.1) is 11.8 Å². The Morgan fingerprint density at radius 2 is 1.52 bits per heavy atom. The molecule has 5 atom stereocenters. The molecule has 0 aromatic rings. The van der Waals surface area contributed by atoms with Crippen molar-refractivity contribution in [1.29, 1.82) is 0 Å². The molecule has 0 heterocycles.